The van der Waals surface area contributed by atoms with E-state index in [-0.39, 0.29) is 5.91 Å². The molecule has 0 spiro atoms. The van der Waals surface area contributed by atoms with Crippen molar-refractivity contribution < 1.29 is 4.79 Å². The zero-order valence-electron chi connectivity index (χ0n) is 13.7. The molecule has 1 amide bonds. The Bertz CT molecular complexity index is 1090. The first kappa shape index (κ1) is 16.0. The minimum Gasteiger partial charge on any atom is -0.354 e. The summed E-state index contributed by atoms with van der Waals surface area (Å²) >= 11 is 3.36. The van der Waals surface area contributed by atoms with Gasteiger partial charge in [-0.15, -0.1) is 11.3 Å². The smallest absolute Gasteiger partial charge is 0.271 e. The van der Waals surface area contributed by atoms with Crippen molar-refractivity contribution in [1.29, 1.82) is 0 Å². The second-order valence-corrected chi connectivity index (χ2v) is 7.56. The van der Waals surface area contributed by atoms with Crippen LogP contribution in [0.2, 0.25) is 0 Å². The first-order chi connectivity index (χ1) is 12.2. The Morgan fingerprint density at radius 1 is 1.32 bits per heavy atom. The van der Waals surface area contributed by atoms with E-state index in [9.17, 15) is 4.79 Å². The number of benzene rings is 1. The molecule has 0 fully saturated rings. The lowest BCUT2D eigenvalue weighted by molar-refractivity contribution is 0.0957. The van der Waals surface area contributed by atoms with E-state index in [2.05, 4.69) is 32.5 Å². The molecule has 1 N–H and O–H groups in total. The number of carbonyl (C=O) groups is 1. The Morgan fingerprint density at radius 2 is 2.20 bits per heavy atom. The van der Waals surface area contributed by atoms with Gasteiger partial charge in [-0.25, -0.2) is 14.5 Å². The highest BCUT2D eigenvalue weighted by molar-refractivity contribution is 8.00. The molecule has 0 bridgehead atoms. The number of imidazole rings is 1. The summed E-state index contributed by atoms with van der Waals surface area (Å²) < 4.78 is 3.97. The van der Waals surface area contributed by atoms with Crippen LogP contribution in [-0.2, 0) is 6.42 Å². The predicted molar refractivity (Wildman–Crippen MR) is 101 cm³/mol. The zero-order chi connectivity index (χ0) is 17.4. The molecule has 4 rings (SSSR count). The summed E-state index contributed by atoms with van der Waals surface area (Å²) in [6.45, 7) is 0. The van der Waals surface area contributed by atoms with Gasteiger partial charge < -0.3 is 5.32 Å². The minimum atomic E-state index is -0.211. The van der Waals surface area contributed by atoms with E-state index < -0.39 is 0 Å². The highest BCUT2D eigenvalue weighted by Gasteiger charge is 2.11. The van der Waals surface area contributed by atoms with Crippen LogP contribution in [0.25, 0.3) is 15.9 Å². The largest absolute Gasteiger partial charge is 0.354 e. The number of aromatic nitrogens is 4. The van der Waals surface area contributed by atoms with E-state index in [0.29, 0.717) is 12.1 Å². The van der Waals surface area contributed by atoms with Crippen molar-refractivity contribution in [2.45, 2.75) is 10.8 Å². The molecule has 8 heteroatoms. The van der Waals surface area contributed by atoms with E-state index in [1.54, 1.807) is 53.0 Å². The number of hydrogen-bond acceptors (Lipinski definition) is 6. The number of nitrogens with zero attached hydrogens (tertiary/aromatic N) is 4. The number of thiazole rings is 1. The average molecular weight is 369 g/mol. The van der Waals surface area contributed by atoms with Crippen LogP contribution in [-0.4, -0.2) is 38.8 Å². The van der Waals surface area contributed by atoms with Gasteiger partial charge in [-0.3, -0.25) is 4.79 Å². The van der Waals surface area contributed by atoms with Crippen molar-refractivity contribution in [3.63, 3.8) is 0 Å². The van der Waals surface area contributed by atoms with Crippen LogP contribution in [0, 0.1) is 0 Å². The summed E-state index contributed by atoms with van der Waals surface area (Å²) in [6.07, 6.45) is 4.53. The van der Waals surface area contributed by atoms with E-state index in [1.165, 1.54) is 4.70 Å². The first-order valence-corrected chi connectivity index (χ1v) is 9.71. The summed E-state index contributed by atoms with van der Waals surface area (Å²) in [5.74, 6) is -0.211. The third kappa shape index (κ3) is 2.98. The van der Waals surface area contributed by atoms with Crippen LogP contribution < -0.4 is 5.32 Å². The van der Waals surface area contributed by atoms with Crippen LogP contribution in [0.1, 0.15) is 21.7 Å². The Hall–Kier alpha value is -2.45. The van der Waals surface area contributed by atoms with Gasteiger partial charge in [0.15, 0.2) is 9.99 Å². The van der Waals surface area contributed by atoms with E-state index in [0.717, 1.165) is 26.8 Å². The second kappa shape index (κ2) is 6.45. The van der Waals surface area contributed by atoms with Gasteiger partial charge in [-0.05, 0) is 36.1 Å². The molecular weight excluding hydrogens is 354 g/mol. The molecule has 25 heavy (non-hydrogen) atoms. The summed E-state index contributed by atoms with van der Waals surface area (Å²) in [5, 5.41) is 7.00. The number of nitrogens with one attached hydrogen (secondary N) is 1. The molecule has 0 aliphatic carbocycles. The molecule has 0 radical (unpaired) electrons. The van der Waals surface area contributed by atoms with E-state index >= 15 is 0 Å². The number of amides is 1. The fraction of sp³-hybridized carbons (Fsp3) is 0.176. The van der Waals surface area contributed by atoms with Crippen molar-refractivity contribution in [3.05, 3.63) is 53.5 Å². The maximum atomic E-state index is 11.8. The molecule has 0 atom stereocenters. The molecule has 0 aliphatic heterocycles. The second-order valence-electron chi connectivity index (χ2n) is 5.48. The van der Waals surface area contributed by atoms with Gasteiger partial charge in [0.2, 0.25) is 0 Å². The van der Waals surface area contributed by atoms with Gasteiger partial charge in [-0.2, -0.15) is 5.10 Å². The maximum Gasteiger partial charge on any atom is 0.271 e. The molecule has 6 nitrogen and oxygen atoms in total. The topological polar surface area (TPSA) is 72.2 Å². The fourth-order valence-corrected chi connectivity index (χ4v) is 4.20. The molecule has 1 aromatic carbocycles. The number of thioether (sulfide) groups is 1. The Labute approximate surface area is 152 Å². The van der Waals surface area contributed by atoms with Crippen LogP contribution >= 0.6 is 23.1 Å². The number of fused-ring (bicyclic) bond motifs is 2. The molecule has 3 heterocycles. The van der Waals surface area contributed by atoms with Gasteiger partial charge in [0, 0.05) is 13.5 Å². The molecular formula is C17H15N5OS2. The van der Waals surface area contributed by atoms with Crippen molar-refractivity contribution >= 4 is 44.9 Å². The maximum absolute atomic E-state index is 11.8. The van der Waals surface area contributed by atoms with Gasteiger partial charge in [-0.1, -0.05) is 17.8 Å². The SMILES string of the molecule is CNC(=O)c1ccc2ncc(Cc3ccc4nc(SC)sc4c3)n2n1. The summed E-state index contributed by atoms with van der Waals surface area (Å²) in [4.78, 5) is 20.8. The minimum absolute atomic E-state index is 0.211. The molecule has 0 aliphatic rings. The van der Waals surface area contributed by atoms with Crippen LogP contribution in [0.15, 0.2) is 40.9 Å². The quantitative estimate of drug-likeness (QED) is 0.560. The number of hydrogen-bond donors (Lipinski definition) is 1. The lowest BCUT2D eigenvalue weighted by Gasteiger charge is -2.04. The Morgan fingerprint density at radius 3 is 3.00 bits per heavy atom. The Balaban J connectivity index is 1.71. The highest BCUT2D eigenvalue weighted by atomic mass is 32.2. The summed E-state index contributed by atoms with van der Waals surface area (Å²) in [7, 11) is 1.59. The van der Waals surface area contributed by atoms with Gasteiger partial charge in [0.25, 0.3) is 5.91 Å². The standard InChI is InChI=1S/C17H15N5OS2/c1-18-16(23)13-5-6-15-19-9-11(22(15)21-13)7-10-3-4-12-14(8-10)25-17(20-12)24-2/h3-6,8-9H,7H2,1-2H3,(H,18,23). The predicted octanol–water partition coefficient (Wildman–Crippen LogP) is 3.01. The monoisotopic (exact) mass is 369 g/mol. The molecule has 126 valence electrons. The normalized spacial score (nSPS) is 11.3. The number of carbonyl (C=O) groups excluding carboxylic acids is 1. The average Bonchev–Trinajstić information content (AvgIpc) is 3.24. The van der Waals surface area contributed by atoms with Crippen molar-refractivity contribution in [2.75, 3.05) is 13.3 Å². The van der Waals surface area contributed by atoms with E-state index in [1.807, 2.05) is 12.3 Å². The van der Waals surface area contributed by atoms with Gasteiger partial charge >= 0.3 is 0 Å². The highest BCUT2D eigenvalue weighted by Crippen LogP contribution is 2.29. The lowest BCUT2D eigenvalue weighted by atomic mass is 10.1. The van der Waals surface area contributed by atoms with Crippen molar-refractivity contribution in [3.8, 4) is 0 Å². The van der Waals surface area contributed by atoms with Crippen LogP contribution in [0.5, 0.6) is 0 Å². The van der Waals surface area contributed by atoms with Gasteiger partial charge in [0.1, 0.15) is 5.69 Å². The Kier molecular flexibility index (Phi) is 4.14. The molecule has 0 saturated carbocycles. The number of rotatable bonds is 4. The molecule has 4 aromatic rings. The van der Waals surface area contributed by atoms with Gasteiger partial charge in [0.05, 0.1) is 22.1 Å². The summed E-state index contributed by atoms with van der Waals surface area (Å²) in [6, 6.07) is 9.77. The third-order valence-electron chi connectivity index (χ3n) is 3.89. The summed E-state index contributed by atoms with van der Waals surface area (Å²) in [5.41, 5.74) is 4.23. The molecule has 0 saturated heterocycles. The fourth-order valence-electron chi connectivity index (χ4n) is 2.64. The van der Waals surface area contributed by atoms with Crippen molar-refractivity contribution in [1.82, 2.24) is 24.9 Å². The van der Waals surface area contributed by atoms with Crippen LogP contribution in [0.4, 0.5) is 0 Å². The molecule has 0 unspecified atom stereocenters. The molecule has 3 aromatic heterocycles. The lowest BCUT2D eigenvalue weighted by Crippen LogP contribution is -2.20. The third-order valence-corrected chi connectivity index (χ3v) is 5.89. The first-order valence-electron chi connectivity index (χ1n) is 7.67. The van der Waals surface area contributed by atoms with Crippen molar-refractivity contribution in [2.24, 2.45) is 0 Å². The van der Waals surface area contributed by atoms with E-state index in [4.69, 9.17) is 0 Å². The van der Waals surface area contributed by atoms with Crippen LogP contribution in [0.3, 0.4) is 0 Å². The zero-order valence-corrected chi connectivity index (χ0v) is 15.3.